The molecule has 3 unspecified atom stereocenters. The second-order valence-electron chi connectivity index (χ2n) is 8.71. The van der Waals surface area contributed by atoms with E-state index in [1.54, 1.807) is 6.92 Å². The molecule has 1 aliphatic rings. The number of hydrogen-bond acceptors (Lipinski definition) is 2. The van der Waals surface area contributed by atoms with E-state index < -0.39 is 0 Å². The molecule has 0 radical (unpaired) electrons. The predicted octanol–water partition coefficient (Wildman–Crippen LogP) is 6.35. The summed E-state index contributed by atoms with van der Waals surface area (Å²) in [5.41, 5.74) is 0. The van der Waals surface area contributed by atoms with Gasteiger partial charge in [0.1, 0.15) is 6.20 Å². The third kappa shape index (κ3) is 9.84. The highest BCUT2D eigenvalue weighted by Crippen LogP contribution is 2.25. The highest BCUT2D eigenvalue weighted by Gasteiger charge is 2.41. The lowest BCUT2D eigenvalue weighted by molar-refractivity contribution is -0.923. The largest absolute Gasteiger partial charge is 0.338 e. The van der Waals surface area contributed by atoms with Crippen LogP contribution in [0.2, 0.25) is 0 Å². The van der Waals surface area contributed by atoms with Crippen molar-refractivity contribution in [1.82, 2.24) is 10.6 Å². The van der Waals surface area contributed by atoms with E-state index >= 15 is 0 Å². The van der Waals surface area contributed by atoms with E-state index in [0.717, 1.165) is 23.9 Å². The van der Waals surface area contributed by atoms with Crippen molar-refractivity contribution in [2.75, 3.05) is 6.54 Å². The number of nitrogens with zero attached hydrogens (tertiary/aromatic N) is 1. The Morgan fingerprint density at radius 1 is 1.00 bits per heavy atom. The first-order valence-electron chi connectivity index (χ1n) is 12.3. The van der Waals surface area contributed by atoms with Crippen LogP contribution in [0.1, 0.15) is 111 Å². The number of nitrogens with one attached hydrogen (secondary N) is 2. The zero-order chi connectivity index (χ0) is 21.4. The Bertz CT molecular complexity index is 488. The standard InChI is InChI=1S/C25H47N3O/c1-5-7-8-9-10-11-12-13-14-15-16-17-18-19-20-25-26-21-22-28(25,6-2)23(3)27-24(4)29/h17-18,21-23,25-26H,5-16,19-20H2,1-4H3/p+1/b18-17+. The molecule has 0 saturated heterocycles. The molecule has 0 aliphatic carbocycles. The molecule has 0 saturated carbocycles. The molecule has 4 heteroatoms. The summed E-state index contributed by atoms with van der Waals surface area (Å²) < 4.78 is 0.784. The van der Waals surface area contributed by atoms with Gasteiger partial charge in [0.05, 0.1) is 12.7 Å². The van der Waals surface area contributed by atoms with E-state index in [-0.39, 0.29) is 12.1 Å². The molecule has 3 atom stereocenters. The number of rotatable bonds is 17. The number of unbranched alkanes of at least 4 members (excludes halogenated alkanes) is 10. The van der Waals surface area contributed by atoms with Gasteiger partial charge < -0.3 is 10.6 Å². The van der Waals surface area contributed by atoms with Crippen LogP contribution in [-0.2, 0) is 4.79 Å². The summed E-state index contributed by atoms with van der Waals surface area (Å²) in [5, 5.41) is 6.59. The molecule has 4 nitrogen and oxygen atoms in total. The molecule has 1 aliphatic heterocycles. The molecule has 0 spiro atoms. The van der Waals surface area contributed by atoms with Crippen LogP contribution in [-0.4, -0.2) is 29.3 Å². The number of allylic oxidation sites excluding steroid dienone is 2. The molecular weight excluding hydrogens is 358 g/mol. The fourth-order valence-corrected chi connectivity index (χ4v) is 4.51. The Kier molecular flexibility index (Phi) is 13.8. The van der Waals surface area contributed by atoms with Crippen molar-refractivity contribution >= 4 is 5.91 Å². The molecule has 1 heterocycles. The molecule has 0 aromatic heterocycles. The zero-order valence-corrected chi connectivity index (χ0v) is 19.7. The van der Waals surface area contributed by atoms with Crippen LogP contribution in [0.5, 0.6) is 0 Å². The van der Waals surface area contributed by atoms with E-state index in [1.165, 1.54) is 70.6 Å². The first kappa shape index (κ1) is 25.7. The summed E-state index contributed by atoms with van der Waals surface area (Å²) in [4.78, 5) is 11.5. The van der Waals surface area contributed by atoms with E-state index in [0.29, 0.717) is 6.17 Å². The maximum atomic E-state index is 11.5. The van der Waals surface area contributed by atoms with Crippen molar-refractivity contribution in [3.63, 3.8) is 0 Å². The van der Waals surface area contributed by atoms with Gasteiger partial charge in [0.15, 0.2) is 12.3 Å². The van der Waals surface area contributed by atoms with Gasteiger partial charge in [-0.3, -0.25) is 9.28 Å². The molecule has 0 aromatic rings. The summed E-state index contributed by atoms with van der Waals surface area (Å²) in [6.07, 6.45) is 26.8. The molecule has 0 aromatic carbocycles. The molecule has 1 amide bonds. The van der Waals surface area contributed by atoms with Gasteiger partial charge in [-0.05, 0) is 26.2 Å². The summed E-state index contributed by atoms with van der Waals surface area (Å²) in [7, 11) is 0. The topological polar surface area (TPSA) is 41.1 Å². The van der Waals surface area contributed by atoms with Crippen molar-refractivity contribution in [2.45, 2.75) is 123 Å². The third-order valence-corrected chi connectivity index (χ3v) is 6.40. The minimum Gasteiger partial charge on any atom is -0.338 e. The van der Waals surface area contributed by atoms with Crippen molar-refractivity contribution < 1.29 is 9.28 Å². The second kappa shape index (κ2) is 15.5. The summed E-state index contributed by atoms with van der Waals surface area (Å²) >= 11 is 0. The average molecular weight is 407 g/mol. The molecule has 2 N–H and O–H groups in total. The molecule has 29 heavy (non-hydrogen) atoms. The highest BCUT2D eigenvalue weighted by molar-refractivity contribution is 5.72. The first-order valence-corrected chi connectivity index (χ1v) is 12.3. The third-order valence-electron chi connectivity index (χ3n) is 6.40. The van der Waals surface area contributed by atoms with E-state index in [9.17, 15) is 4.79 Å². The lowest BCUT2D eigenvalue weighted by atomic mass is 10.1. The molecule has 0 bridgehead atoms. The Hall–Kier alpha value is -1.29. The average Bonchev–Trinajstić information content (AvgIpc) is 3.12. The minimum absolute atomic E-state index is 0.0406. The van der Waals surface area contributed by atoms with Crippen LogP contribution in [0.3, 0.4) is 0 Å². The number of hydrogen-bond donors (Lipinski definition) is 2. The zero-order valence-electron chi connectivity index (χ0n) is 19.7. The van der Waals surface area contributed by atoms with Gasteiger partial charge in [-0.1, -0.05) is 76.9 Å². The fraction of sp³-hybridized carbons (Fsp3) is 0.800. The Labute approximate surface area is 180 Å². The van der Waals surface area contributed by atoms with Crippen LogP contribution < -0.4 is 10.6 Å². The number of quaternary nitrogens is 1. The van der Waals surface area contributed by atoms with Gasteiger partial charge >= 0.3 is 0 Å². The minimum atomic E-state index is 0.0406. The summed E-state index contributed by atoms with van der Waals surface area (Å²) in [6.45, 7) is 9.16. The highest BCUT2D eigenvalue weighted by atomic mass is 16.1. The second-order valence-corrected chi connectivity index (χ2v) is 8.71. The summed E-state index contributed by atoms with van der Waals surface area (Å²) in [5.74, 6) is 0.0406. The molecule has 1 rings (SSSR count). The van der Waals surface area contributed by atoms with Gasteiger partial charge in [-0.2, -0.15) is 0 Å². The van der Waals surface area contributed by atoms with Crippen LogP contribution in [0.15, 0.2) is 24.6 Å². The Morgan fingerprint density at radius 3 is 2.17 bits per heavy atom. The lowest BCUT2D eigenvalue weighted by Crippen LogP contribution is -2.62. The van der Waals surface area contributed by atoms with Crippen molar-refractivity contribution in [3.05, 3.63) is 24.6 Å². The van der Waals surface area contributed by atoms with Gasteiger partial charge in [0.2, 0.25) is 5.91 Å². The fourth-order valence-electron chi connectivity index (χ4n) is 4.51. The normalized spacial score (nSPS) is 22.1. The van der Waals surface area contributed by atoms with Crippen LogP contribution in [0, 0.1) is 0 Å². The van der Waals surface area contributed by atoms with Gasteiger partial charge in [-0.25, -0.2) is 0 Å². The summed E-state index contributed by atoms with van der Waals surface area (Å²) in [6, 6.07) is 0. The number of carbonyl (C=O) groups excluding carboxylic acids is 1. The van der Waals surface area contributed by atoms with Crippen molar-refractivity contribution in [1.29, 1.82) is 0 Å². The SMILES string of the molecule is CCCCCCCCCCCC/C=C/CCC1NC=C[N+]1(CC)C(C)NC(C)=O. The maximum absolute atomic E-state index is 11.5. The van der Waals surface area contributed by atoms with Crippen LogP contribution in [0.4, 0.5) is 0 Å². The van der Waals surface area contributed by atoms with Gasteiger partial charge in [0.25, 0.3) is 0 Å². The quantitative estimate of drug-likeness (QED) is 0.168. The van der Waals surface area contributed by atoms with Crippen molar-refractivity contribution in [2.24, 2.45) is 0 Å². The maximum Gasteiger partial charge on any atom is 0.221 e. The monoisotopic (exact) mass is 406 g/mol. The Morgan fingerprint density at radius 2 is 1.59 bits per heavy atom. The van der Waals surface area contributed by atoms with Gasteiger partial charge in [-0.15, -0.1) is 0 Å². The number of amides is 1. The van der Waals surface area contributed by atoms with Crippen LogP contribution in [0.25, 0.3) is 0 Å². The molecule has 168 valence electrons. The van der Waals surface area contributed by atoms with Gasteiger partial charge in [0, 0.05) is 20.3 Å². The van der Waals surface area contributed by atoms with E-state index in [4.69, 9.17) is 0 Å². The number of carbonyl (C=O) groups is 1. The predicted molar refractivity (Wildman–Crippen MR) is 125 cm³/mol. The molecular formula is C25H48N3O+. The molecule has 0 fully saturated rings. The van der Waals surface area contributed by atoms with Crippen LogP contribution >= 0.6 is 0 Å². The van der Waals surface area contributed by atoms with E-state index in [1.807, 2.05) is 0 Å². The first-order chi connectivity index (χ1) is 14.1. The lowest BCUT2D eigenvalue weighted by Gasteiger charge is -2.41. The van der Waals surface area contributed by atoms with Crippen molar-refractivity contribution in [3.8, 4) is 0 Å². The van der Waals surface area contributed by atoms with E-state index in [2.05, 4.69) is 56.0 Å². The smallest absolute Gasteiger partial charge is 0.221 e. The Balaban J connectivity index is 2.12.